The molecule has 0 spiro atoms. The molecule has 0 radical (unpaired) electrons. The van der Waals surface area contributed by atoms with Crippen LogP contribution < -0.4 is 5.56 Å². The molecule has 4 rings (SSSR count). The average molecular weight is 448 g/mol. The molecule has 0 unspecified atom stereocenters. The molecule has 2 heterocycles. The van der Waals surface area contributed by atoms with E-state index in [0.29, 0.717) is 28.2 Å². The molecule has 1 aliphatic rings. The molecule has 0 saturated carbocycles. The third-order valence-electron chi connectivity index (χ3n) is 5.50. The number of aryl methyl sites for hydroxylation is 1. The van der Waals surface area contributed by atoms with E-state index in [1.165, 1.54) is 12.1 Å². The summed E-state index contributed by atoms with van der Waals surface area (Å²) >= 11 is 6.17. The molecule has 1 aromatic heterocycles. The molecule has 162 valence electrons. The molecule has 0 atom stereocenters. The zero-order valence-electron chi connectivity index (χ0n) is 16.7. The standard InChI is InChI=1S/C23H21ClF3N3O/c24-19-4-1-3-18-21(19)28-20(29-22(18)31)5-2-12-30-13-10-16(11-14-30)15-6-8-17(9-7-15)23(25,26)27/h1,3-4,6-10H,2,5,11-14H2,(H,28,29,31). The molecule has 0 saturated heterocycles. The van der Waals surface area contributed by atoms with Crippen LogP contribution in [0.5, 0.6) is 0 Å². The molecule has 31 heavy (non-hydrogen) atoms. The van der Waals surface area contributed by atoms with Crippen LogP contribution in [0.3, 0.4) is 0 Å². The number of alkyl halides is 3. The zero-order valence-corrected chi connectivity index (χ0v) is 17.4. The third kappa shape index (κ3) is 4.99. The monoisotopic (exact) mass is 447 g/mol. The largest absolute Gasteiger partial charge is 0.416 e. The smallest absolute Gasteiger partial charge is 0.310 e. The number of aromatic amines is 1. The van der Waals surface area contributed by atoms with Crippen molar-refractivity contribution < 1.29 is 13.2 Å². The van der Waals surface area contributed by atoms with E-state index in [1.807, 2.05) is 0 Å². The Balaban J connectivity index is 1.33. The van der Waals surface area contributed by atoms with Crippen LogP contribution in [-0.2, 0) is 12.6 Å². The Kier molecular flexibility index (Phi) is 6.16. The molecule has 2 aromatic carbocycles. The fraction of sp³-hybridized carbons (Fsp3) is 0.304. The molecular formula is C23H21ClF3N3O. The van der Waals surface area contributed by atoms with Gasteiger partial charge in [-0.1, -0.05) is 35.9 Å². The molecule has 3 aromatic rings. The summed E-state index contributed by atoms with van der Waals surface area (Å²) in [4.78, 5) is 21.8. The molecule has 0 bridgehead atoms. The maximum absolute atomic E-state index is 12.7. The van der Waals surface area contributed by atoms with Gasteiger partial charge in [0.1, 0.15) is 5.82 Å². The topological polar surface area (TPSA) is 49.0 Å². The zero-order chi connectivity index (χ0) is 22.0. The number of hydrogen-bond donors (Lipinski definition) is 1. The van der Waals surface area contributed by atoms with Crippen LogP contribution in [0.1, 0.15) is 29.8 Å². The Morgan fingerprint density at radius 1 is 1.13 bits per heavy atom. The first-order valence-electron chi connectivity index (χ1n) is 10.1. The summed E-state index contributed by atoms with van der Waals surface area (Å²) in [6, 6.07) is 10.5. The van der Waals surface area contributed by atoms with E-state index in [4.69, 9.17) is 11.6 Å². The van der Waals surface area contributed by atoms with Crippen molar-refractivity contribution in [3.8, 4) is 0 Å². The van der Waals surface area contributed by atoms with Gasteiger partial charge in [0.25, 0.3) is 5.56 Å². The number of fused-ring (bicyclic) bond motifs is 1. The van der Waals surface area contributed by atoms with Gasteiger partial charge in [-0.15, -0.1) is 0 Å². The number of aromatic nitrogens is 2. The van der Waals surface area contributed by atoms with Crippen LogP contribution in [0.25, 0.3) is 16.5 Å². The van der Waals surface area contributed by atoms with Gasteiger partial charge in [-0.2, -0.15) is 13.2 Å². The van der Waals surface area contributed by atoms with Crippen molar-refractivity contribution in [1.82, 2.24) is 14.9 Å². The van der Waals surface area contributed by atoms with Gasteiger partial charge in [-0.05, 0) is 54.8 Å². The highest BCUT2D eigenvalue weighted by molar-refractivity contribution is 6.34. The van der Waals surface area contributed by atoms with Crippen LogP contribution in [0.2, 0.25) is 5.02 Å². The van der Waals surface area contributed by atoms with E-state index in [1.54, 1.807) is 18.2 Å². The average Bonchev–Trinajstić information content (AvgIpc) is 2.75. The van der Waals surface area contributed by atoms with Crippen molar-refractivity contribution in [3.63, 3.8) is 0 Å². The highest BCUT2D eigenvalue weighted by Crippen LogP contribution is 2.31. The first kappa shape index (κ1) is 21.6. The molecule has 4 nitrogen and oxygen atoms in total. The van der Waals surface area contributed by atoms with Gasteiger partial charge in [0.15, 0.2) is 0 Å². The quantitative estimate of drug-likeness (QED) is 0.576. The van der Waals surface area contributed by atoms with E-state index in [0.717, 1.165) is 55.7 Å². The molecule has 8 heteroatoms. The highest BCUT2D eigenvalue weighted by Gasteiger charge is 2.30. The Hall–Kier alpha value is -2.64. The fourth-order valence-corrected chi connectivity index (χ4v) is 4.03. The summed E-state index contributed by atoms with van der Waals surface area (Å²) < 4.78 is 38.2. The molecule has 0 aliphatic carbocycles. The number of hydrogen-bond acceptors (Lipinski definition) is 3. The summed E-state index contributed by atoms with van der Waals surface area (Å²) in [5, 5.41) is 0.940. The summed E-state index contributed by atoms with van der Waals surface area (Å²) in [5.74, 6) is 0.614. The van der Waals surface area contributed by atoms with Crippen molar-refractivity contribution in [2.75, 3.05) is 19.6 Å². The Morgan fingerprint density at radius 3 is 2.58 bits per heavy atom. The number of H-pyrrole nitrogens is 1. The minimum absolute atomic E-state index is 0.190. The van der Waals surface area contributed by atoms with Gasteiger partial charge < -0.3 is 4.98 Å². The van der Waals surface area contributed by atoms with Crippen LogP contribution >= 0.6 is 11.6 Å². The van der Waals surface area contributed by atoms with Crippen LogP contribution in [0.4, 0.5) is 13.2 Å². The van der Waals surface area contributed by atoms with Crippen molar-refractivity contribution in [2.45, 2.75) is 25.4 Å². The lowest BCUT2D eigenvalue weighted by molar-refractivity contribution is -0.137. The van der Waals surface area contributed by atoms with Crippen LogP contribution in [0, 0.1) is 0 Å². The normalized spacial score (nSPS) is 15.3. The second kappa shape index (κ2) is 8.85. The van der Waals surface area contributed by atoms with E-state index < -0.39 is 11.7 Å². The Labute approximate surface area is 182 Å². The SMILES string of the molecule is O=c1[nH]c(CCCN2CC=C(c3ccc(C(F)(F)F)cc3)CC2)nc2c(Cl)cccc12. The van der Waals surface area contributed by atoms with Crippen LogP contribution in [0.15, 0.2) is 53.3 Å². The maximum Gasteiger partial charge on any atom is 0.416 e. The lowest BCUT2D eigenvalue weighted by Gasteiger charge is -2.26. The Morgan fingerprint density at radius 2 is 1.90 bits per heavy atom. The number of para-hydroxylation sites is 1. The predicted octanol–water partition coefficient (Wildman–Crippen LogP) is 5.32. The van der Waals surface area contributed by atoms with E-state index >= 15 is 0 Å². The molecule has 0 amide bonds. The lowest BCUT2D eigenvalue weighted by Crippen LogP contribution is -2.30. The molecule has 1 N–H and O–H groups in total. The molecule has 0 fully saturated rings. The molecular weight excluding hydrogens is 427 g/mol. The van der Waals surface area contributed by atoms with E-state index in [2.05, 4.69) is 20.9 Å². The fourth-order valence-electron chi connectivity index (χ4n) is 3.81. The van der Waals surface area contributed by atoms with Gasteiger partial charge in [-0.25, -0.2) is 4.98 Å². The van der Waals surface area contributed by atoms with E-state index in [-0.39, 0.29) is 5.56 Å². The van der Waals surface area contributed by atoms with Gasteiger partial charge in [0.05, 0.1) is 21.5 Å². The number of halogens is 4. The predicted molar refractivity (Wildman–Crippen MR) is 116 cm³/mol. The van der Waals surface area contributed by atoms with Crippen molar-refractivity contribution in [2.24, 2.45) is 0 Å². The summed E-state index contributed by atoms with van der Waals surface area (Å²) in [5.41, 5.74) is 1.60. The minimum atomic E-state index is -4.31. The number of benzene rings is 2. The van der Waals surface area contributed by atoms with Crippen molar-refractivity contribution in [1.29, 1.82) is 0 Å². The van der Waals surface area contributed by atoms with Crippen LogP contribution in [-0.4, -0.2) is 34.5 Å². The second-order valence-corrected chi connectivity index (χ2v) is 8.01. The minimum Gasteiger partial charge on any atom is -0.310 e. The highest BCUT2D eigenvalue weighted by atomic mass is 35.5. The second-order valence-electron chi connectivity index (χ2n) is 7.61. The van der Waals surface area contributed by atoms with Gasteiger partial charge >= 0.3 is 6.18 Å². The molecule has 1 aliphatic heterocycles. The van der Waals surface area contributed by atoms with Crippen molar-refractivity contribution >= 4 is 28.1 Å². The van der Waals surface area contributed by atoms with E-state index in [9.17, 15) is 18.0 Å². The first-order chi connectivity index (χ1) is 14.8. The number of nitrogens with zero attached hydrogens (tertiary/aromatic N) is 2. The Bertz CT molecular complexity index is 1170. The summed E-state index contributed by atoms with van der Waals surface area (Å²) in [6.45, 7) is 2.41. The van der Waals surface area contributed by atoms with Gasteiger partial charge in [-0.3, -0.25) is 9.69 Å². The van der Waals surface area contributed by atoms with Crippen molar-refractivity contribution in [3.05, 3.63) is 80.9 Å². The summed E-state index contributed by atoms with van der Waals surface area (Å²) in [7, 11) is 0. The third-order valence-corrected chi connectivity index (χ3v) is 5.81. The number of nitrogens with one attached hydrogen (secondary N) is 1. The first-order valence-corrected chi connectivity index (χ1v) is 10.5. The van der Waals surface area contributed by atoms with Gasteiger partial charge in [0.2, 0.25) is 0 Å². The number of rotatable bonds is 5. The van der Waals surface area contributed by atoms with Gasteiger partial charge in [0, 0.05) is 19.5 Å². The summed E-state index contributed by atoms with van der Waals surface area (Å²) in [6.07, 6.45) is -0.00936. The lowest BCUT2D eigenvalue weighted by atomic mass is 9.98. The maximum atomic E-state index is 12.7.